The van der Waals surface area contributed by atoms with E-state index in [-0.39, 0.29) is 5.91 Å². The Labute approximate surface area is 170 Å². The summed E-state index contributed by atoms with van der Waals surface area (Å²) in [6, 6.07) is 8.60. The van der Waals surface area contributed by atoms with Crippen LogP contribution in [0.1, 0.15) is 17.3 Å². The van der Waals surface area contributed by atoms with E-state index in [1.54, 1.807) is 47.6 Å². The van der Waals surface area contributed by atoms with E-state index in [9.17, 15) is 4.79 Å². The minimum atomic E-state index is -0.288. The van der Waals surface area contributed by atoms with E-state index in [1.165, 1.54) is 7.11 Å². The molecule has 0 unspecified atom stereocenters. The first kappa shape index (κ1) is 19.3. The average molecular weight is 451 g/mol. The van der Waals surface area contributed by atoms with Gasteiger partial charge >= 0.3 is 0 Å². The Hall–Kier alpha value is -2.51. The number of nitrogens with zero attached hydrogens (tertiary/aromatic N) is 2. The van der Waals surface area contributed by atoms with Gasteiger partial charge in [-0.25, -0.2) is 4.98 Å². The number of halogens is 2. The number of imidazole rings is 1. The van der Waals surface area contributed by atoms with Gasteiger partial charge in [-0.2, -0.15) is 0 Å². The summed E-state index contributed by atoms with van der Waals surface area (Å²) in [5, 5.41) is 3.33. The lowest BCUT2D eigenvalue weighted by Gasteiger charge is -2.14. The zero-order chi connectivity index (χ0) is 19.4. The smallest absolute Gasteiger partial charge is 0.255 e. The van der Waals surface area contributed by atoms with Crippen molar-refractivity contribution in [3.8, 4) is 17.2 Å². The van der Waals surface area contributed by atoms with Crippen molar-refractivity contribution in [1.82, 2.24) is 9.55 Å². The molecule has 3 aromatic rings. The second-order valence-electron chi connectivity index (χ2n) is 5.51. The number of rotatable bonds is 6. The van der Waals surface area contributed by atoms with Crippen LogP contribution in [0, 0.1) is 0 Å². The van der Waals surface area contributed by atoms with Crippen LogP contribution in [0.3, 0.4) is 0 Å². The van der Waals surface area contributed by atoms with Crippen molar-refractivity contribution in [2.24, 2.45) is 0 Å². The monoisotopic (exact) mass is 449 g/mol. The number of hydrogen-bond acceptors (Lipinski definition) is 4. The topological polar surface area (TPSA) is 65.4 Å². The molecule has 0 fully saturated rings. The zero-order valence-corrected chi connectivity index (χ0v) is 17.0. The second kappa shape index (κ2) is 8.45. The molecule has 0 bridgehead atoms. The second-order valence-corrected chi connectivity index (χ2v) is 6.77. The number of carbonyl (C=O) groups excluding carboxylic acids is 1. The third-order valence-electron chi connectivity index (χ3n) is 3.77. The van der Waals surface area contributed by atoms with Crippen LogP contribution >= 0.6 is 27.5 Å². The number of aromatic nitrogens is 2. The van der Waals surface area contributed by atoms with Gasteiger partial charge in [0.05, 0.1) is 35.2 Å². The van der Waals surface area contributed by atoms with Gasteiger partial charge in [0.25, 0.3) is 5.91 Å². The molecule has 6 nitrogen and oxygen atoms in total. The minimum Gasteiger partial charge on any atom is -0.493 e. The molecule has 0 spiro atoms. The van der Waals surface area contributed by atoms with E-state index in [1.807, 2.05) is 13.0 Å². The first-order valence-corrected chi connectivity index (χ1v) is 9.30. The summed E-state index contributed by atoms with van der Waals surface area (Å²) in [5.41, 5.74) is 1.78. The highest BCUT2D eigenvalue weighted by atomic mass is 79.9. The molecule has 140 valence electrons. The molecule has 0 saturated carbocycles. The van der Waals surface area contributed by atoms with Gasteiger partial charge in [-0.15, -0.1) is 0 Å². The molecular formula is C19H17BrClN3O3. The van der Waals surface area contributed by atoms with E-state index in [2.05, 4.69) is 26.2 Å². The molecule has 0 aliphatic carbocycles. The normalized spacial score (nSPS) is 10.5. The molecule has 1 heterocycles. The number of nitrogens with one attached hydrogen (secondary N) is 1. The van der Waals surface area contributed by atoms with Gasteiger partial charge in [-0.3, -0.25) is 4.79 Å². The highest BCUT2D eigenvalue weighted by Gasteiger charge is 2.16. The highest BCUT2D eigenvalue weighted by Crippen LogP contribution is 2.37. The molecule has 0 aliphatic heterocycles. The molecule has 27 heavy (non-hydrogen) atoms. The molecular weight excluding hydrogens is 434 g/mol. The fourth-order valence-corrected chi connectivity index (χ4v) is 3.37. The Bertz CT molecular complexity index is 961. The van der Waals surface area contributed by atoms with E-state index in [4.69, 9.17) is 21.1 Å². The quantitative estimate of drug-likeness (QED) is 0.577. The molecule has 0 radical (unpaired) electrons. The van der Waals surface area contributed by atoms with E-state index < -0.39 is 0 Å². The SMILES string of the molecule is CCOc1c(Br)cc(C(=O)Nc2ccc(-n3ccnc3)c(Cl)c2)cc1OC. The number of carbonyl (C=O) groups is 1. The van der Waals surface area contributed by atoms with Gasteiger partial charge in [0.2, 0.25) is 0 Å². The van der Waals surface area contributed by atoms with Crippen molar-refractivity contribution in [3.63, 3.8) is 0 Å². The van der Waals surface area contributed by atoms with Gasteiger partial charge < -0.3 is 19.4 Å². The molecule has 0 aliphatic rings. The molecule has 8 heteroatoms. The van der Waals surface area contributed by atoms with Crippen LogP contribution in [0.5, 0.6) is 11.5 Å². The van der Waals surface area contributed by atoms with Gasteiger partial charge in [-0.1, -0.05) is 11.6 Å². The van der Waals surface area contributed by atoms with Gasteiger partial charge in [0.15, 0.2) is 11.5 Å². The maximum atomic E-state index is 12.6. The lowest BCUT2D eigenvalue weighted by molar-refractivity contribution is 0.102. The number of benzene rings is 2. The Morgan fingerprint density at radius 2 is 2.15 bits per heavy atom. The van der Waals surface area contributed by atoms with Crippen LogP contribution in [0.15, 0.2) is 53.5 Å². The first-order valence-electron chi connectivity index (χ1n) is 8.13. The van der Waals surface area contributed by atoms with Crippen molar-refractivity contribution >= 4 is 39.1 Å². The standard InChI is InChI=1S/C19H17BrClN3O3/c1-3-27-18-14(20)8-12(9-17(18)26-2)19(25)23-13-4-5-16(15(21)10-13)24-7-6-22-11-24/h4-11H,3H2,1-2H3,(H,23,25). The third-order valence-corrected chi connectivity index (χ3v) is 4.66. The number of ether oxygens (including phenoxy) is 2. The fraction of sp³-hybridized carbons (Fsp3) is 0.158. The zero-order valence-electron chi connectivity index (χ0n) is 14.7. The van der Waals surface area contributed by atoms with Crippen molar-refractivity contribution in [2.75, 3.05) is 19.0 Å². The van der Waals surface area contributed by atoms with Crippen molar-refractivity contribution in [2.45, 2.75) is 6.92 Å². The average Bonchev–Trinajstić information content (AvgIpc) is 3.17. The number of amides is 1. The minimum absolute atomic E-state index is 0.288. The predicted octanol–water partition coefficient (Wildman–Crippen LogP) is 4.95. The molecule has 1 amide bonds. The molecule has 2 aromatic carbocycles. The molecule has 0 atom stereocenters. The molecule has 0 saturated heterocycles. The van der Waals surface area contributed by atoms with Crippen LogP contribution < -0.4 is 14.8 Å². The van der Waals surface area contributed by atoms with Gasteiger partial charge in [0.1, 0.15) is 0 Å². The first-order chi connectivity index (χ1) is 13.0. The highest BCUT2D eigenvalue weighted by molar-refractivity contribution is 9.10. The summed E-state index contributed by atoms with van der Waals surface area (Å²) in [5.74, 6) is 0.748. The largest absolute Gasteiger partial charge is 0.493 e. The van der Waals surface area contributed by atoms with Crippen molar-refractivity contribution in [3.05, 3.63) is 64.1 Å². The maximum absolute atomic E-state index is 12.6. The maximum Gasteiger partial charge on any atom is 0.255 e. The predicted molar refractivity (Wildman–Crippen MR) is 108 cm³/mol. The van der Waals surface area contributed by atoms with Crippen molar-refractivity contribution < 1.29 is 14.3 Å². The lowest BCUT2D eigenvalue weighted by atomic mass is 10.1. The third kappa shape index (κ3) is 4.26. The number of anilines is 1. The number of methoxy groups -OCH3 is 1. The van der Waals surface area contributed by atoms with Crippen LogP contribution in [0.4, 0.5) is 5.69 Å². The van der Waals surface area contributed by atoms with Crippen LogP contribution in [0.25, 0.3) is 5.69 Å². The molecule has 1 aromatic heterocycles. The Morgan fingerprint density at radius 1 is 1.33 bits per heavy atom. The van der Waals surface area contributed by atoms with Crippen LogP contribution in [-0.2, 0) is 0 Å². The summed E-state index contributed by atoms with van der Waals surface area (Å²) >= 11 is 9.76. The molecule has 3 rings (SSSR count). The summed E-state index contributed by atoms with van der Waals surface area (Å²) < 4.78 is 13.3. The van der Waals surface area contributed by atoms with Gasteiger partial charge in [-0.05, 0) is 53.2 Å². The molecule has 1 N–H and O–H groups in total. The summed E-state index contributed by atoms with van der Waals surface area (Å²) in [7, 11) is 1.53. The van der Waals surface area contributed by atoms with Crippen molar-refractivity contribution in [1.29, 1.82) is 0 Å². The van der Waals surface area contributed by atoms with E-state index in [0.29, 0.717) is 38.9 Å². The lowest BCUT2D eigenvalue weighted by Crippen LogP contribution is -2.12. The Morgan fingerprint density at radius 3 is 2.78 bits per heavy atom. The van der Waals surface area contributed by atoms with Gasteiger partial charge in [0, 0.05) is 23.6 Å². The van der Waals surface area contributed by atoms with E-state index >= 15 is 0 Å². The summed E-state index contributed by atoms with van der Waals surface area (Å²) in [6.45, 7) is 2.37. The summed E-state index contributed by atoms with van der Waals surface area (Å²) in [4.78, 5) is 16.6. The fourth-order valence-electron chi connectivity index (χ4n) is 2.53. The van der Waals surface area contributed by atoms with Crippen LogP contribution in [-0.4, -0.2) is 29.2 Å². The Kier molecular flexibility index (Phi) is 6.03. The summed E-state index contributed by atoms with van der Waals surface area (Å²) in [6.07, 6.45) is 5.12. The Balaban J connectivity index is 1.83. The van der Waals surface area contributed by atoms with Crippen LogP contribution in [0.2, 0.25) is 5.02 Å². The van der Waals surface area contributed by atoms with E-state index in [0.717, 1.165) is 5.69 Å². The number of hydrogen-bond donors (Lipinski definition) is 1.